The van der Waals surface area contributed by atoms with Crippen LogP contribution in [-0.4, -0.2) is 40.0 Å². The van der Waals surface area contributed by atoms with Gasteiger partial charge < -0.3 is 15.0 Å². The van der Waals surface area contributed by atoms with Crippen molar-refractivity contribution in [2.24, 2.45) is 5.92 Å². The smallest absolute Gasteiger partial charge is 0.286 e. The van der Waals surface area contributed by atoms with Crippen LogP contribution in [0.15, 0.2) is 42.5 Å². The van der Waals surface area contributed by atoms with Crippen LogP contribution in [0.3, 0.4) is 0 Å². The molecule has 2 aromatic carbocycles. The second kappa shape index (κ2) is 10.1. The van der Waals surface area contributed by atoms with E-state index in [1.807, 2.05) is 30.9 Å². The number of hydrogen-bond acceptors (Lipinski definition) is 6. The SMILES string of the molecule is Cc1cc(C)cc(OCc2nnc(C(=O)Nc3cccc(C(=O)N4CCC(C)CC4)c3)s2)c1. The number of amides is 2. The molecular formula is C25H28N4O3S. The van der Waals surface area contributed by atoms with E-state index in [9.17, 15) is 9.59 Å². The first kappa shape index (κ1) is 22.9. The molecule has 4 rings (SSSR count). The van der Waals surface area contributed by atoms with Crippen molar-refractivity contribution in [2.75, 3.05) is 18.4 Å². The van der Waals surface area contributed by atoms with Gasteiger partial charge in [-0.3, -0.25) is 9.59 Å². The number of piperidine rings is 1. The largest absolute Gasteiger partial charge is 0.486 e. The van der Waals surface area contributed by atoms with Gasteiger partial charge in [-0.2, -0.15) is 0 Å². The van der Waals surface area contributed by atoms with Crippen LogP contribution in [0, 0.1) is 19.8 Å². The van der Waals surface area contributed by atoms with Crippen molar-refractivity contribution in [1.29, 1.82) is 0 Å². The maximum absolute atomic E-state index is 12.8. The quantitative estimate of drug-likeness (QED) is 0.563. The minimum absolute atomic E-state index is 0.000246. The van der Waals surface area contributed by atoms with E-state index in [2.05, 4.69) is 28.5 Å². The Balaban J connectivity index is 1.36. The lowest BCUT2D eigenvalue weighted by Gasteiger charge is -2.30. The summed E-state index contributed by atoms with van der Waals surface area (Å²) in [6.45, 7) is 8.03. The first-order chi connectivity index (χ1) is 15.9. The molecule has 1 saturated heterocycles. The Kier molecular flexibility index (Phi) is 7.03. The molecule has 1 fully saturated rings. The van der Waals surface area contributed by atoms with Crippen LogP contribution in [0.1, 0.15) is 56.1 Å². The highest BCUT2D eigenvalue weighted by Gasteiger charge is 2.22. The Morgan fingerprint density at radius 3 is 2.55 bits per heavy atom. The second-order valence-electron chi connectivity index (χ2n) is 8.62. The van der Waals surface area contributed by atoms with E-state index in [1.54, 1.807) is 24.3 Å². The summed E-state index contributed by atoms with van der Waals surface area (Å²) in [6.07, 6.45) is 2.05. The average molecular weight is 465 g/mol. The van der Waals surface area contributed by atoms with E-state index in [1.165, 1.54) is 11.3 Å². The van der Waals surface area contributed by atoms with Gasteiger partial charge in [-0.1, -0.05) is 30.4 Å². The summed E-state index contributed by atoms with van der Waals surface area (Å²) in [5.41, 5.74) is 3.37. The first-order valence-corrected chi connectivity index (χ1v) is 11.9. The number of nitrogens with zero attached hydrogens (tertiary/aromatic N) is 3. The van der Waals surface area contributed by atoms with Gasteiger partial charge in [0.25, 0.3) is 11.8 Å². The first-order valence-electron chi connectivity index (χ1n) is 11.1. The number of benzene rings is 2. The van der Waals surface area contributed by atoms with Crippen molar-refractivity contribution in [3.63, 3.8) is 0 Å². The van der Waals surface area contributed by atoms with Crippen molar-refractivity contribution < 1.29 is 14.3 Å². The van der Waals surface area contributed by atoms with Crippen LogP contribution in [0.5, 0.6) is 5.75 Å². The molecule has 0 bridgehead atoms. The second-order valence-corrected chi connectivity index (χ2v) is 9.68. The van der Waals surface area contributed by atoms with Crippen LogP contribution in [0.4, 0.5) is 5.69 Å². The number of ether oxygens (including phenoxy) is 1. The molecule has 1 aromatic heterocycles. The molecular weight excluding hydrogens is 436 g/mol. The number of likely N-dealkylation sites (tertiary alicyclic amines) is 1. The summed E-state index contributed by atoms with van der Waals surface area (Å²) in [4.78, 5) is 27.4. The maximum atomic E-state index is 12.8. The van der Waals surface area contributed by atoms with Crippen molar-refractivity contribution in [3.05, 3.63) is 69.2 Å². The Hall–Kier alpha value is -3.26. The third-order valence-corrected chi connectivity index (χ3v) is 6.55. The summed E-state index contributed by atoms with van der Waals surface area (Å²) in [5, 5.41) is 11.8. The fourth-order valence-corrected chi connectivity index (χ4v) is 4.52. The molecule has 0 spiro atoms. The van der Waals surface area contributed by atoms with Gasteiger partial charge in [0.15, 0.2) is 5.01 Å². The lowest BCUT2D eigenvalue weighted by molar-refractivity contribution is 0.0697. The highest BCUT2D eigenvalue weighted by Crippen LogP contribution is 2.21. The molecule has 1 N–H and O–H groups in total. The highest BCUT2D eigenvalue weighted by atomic mass is 32.1. The molecule has 0 aliphatic carbocycles. The molecule has 2 amide bonds. The summed E-state index contributed by atoms with van der Waals surface area (Å²) in [7, 11) is 0. The zero-order valence-electron chi connectivity index (χ0n) is 19.1. The highest BCUT2D eigenvalue weighted by molar-refractivity contribution is 7.13. The summed E-state index contributed by atoms with van der Waals surface area (Å²) >= 11 is 1.19. The molecule has 0 atom stereocenters. The average Bonchev–Trinajstić information content (AvgIpc) is 3.27. The van der Waals surface area contributed by atoms with Crippen LogP contribution in [0.2, 0.25) is 0 Å². The maximum Gasteiger partial charge on any atom is 0.286 e. The number of nitrogens with one attached hydrogen (secondary N) is 1. The number of anilines is 1. The number of carbonyl (C=O) groups is 2. The standard InChI is InChI=1S/C25H28N4O3S/c1-16-7-9-29(10-8-16)25(31)19-5-4-6-20(14-19)26-23(30)24-28-27-22(33-24)15-32-21-12-17(2)11-18(3)13-21/h4-6,11-14,16H,7-10,15H2,1-3H3,(H,26,30). The van der Waals surface area contributed by atoms with Gasteiger partial charge in [0.05, 0.1) is 0 Å². The van der Waals surface area contributed by atoms with Crippen molar-refractivity contribution >= 4 is 28.8 Å². The van der Waals surface area contributed by atoms with Gasteiger partial charge in [0, 0.05) is 24.3 Å². The molecule has 33 heavy (non-hydrogen) atoms. The zero-order chi connectivity index (χ0) is 23.4. The lowest BCUT2D eigenvalue weighted by atomic mass is 9.98. The molecule has 7 nitrogen and oxygen atoms in total. The normalized spacial score (nSPS) is 14.2. The number of rotatable bonds is 6. The van der Waals surface area contributed by atoms with E-state index < -0.39 is 0 Å². The Morgan fingerprint density at radius 1 is 1.09 bits per heavy atom. The Bertz CT molecular complexity index is 1130. The van der Waals surface area contributed by atoms with E-state index in [0.29, 0.717) is 22.2 Å². The summed E-state index contributed by atoms with van der Waals surface area (Å²) < 4.78 is 5.81. The predicted molar refractivity (Wildman–Crippen MR) is 129 cm³/mol. The number of carbonyl (C=O) groups excluding carboxylic acids is 2. The van der Waals surface area contributed by atoms with E-state index in [4.69, 9.17) is 4.74 Å². The Morgan fingerprint density at radius 2 is 1.82 bits per heavy atom. The molecule has 0 radical (unpaired) electrons. The van der Waals surface area contributed by atoms with Crippen molar-refractivity contribution in [1.82, 2.24) is 15.1 Å². The fourth-order valence-electron chi connectivity index (χ4n) is 3.87. The predicted octanol–water partition coefficient (Wildman–Crippen LogP) is 4.86. The van der Waals surface area contributed by atoms with E-state index >= 15 is 0 Å². The van der Waals surface area contributed by atoms with Crippen LogP contribution in [-0.2, 0) is 6.61 Å². The number of aromatic nitrogens is 2. The van der Waals surface area contributed by atoms with Crippen LogP contribution < -0.4 is 10.1 Å². The minimum atomic E-state index is -0.360. The third-order valence-electron chi connectivity index (χ3n) is 5.66. The molecule has 3 aromatic rings. The molecule has 8 heteroatoms. The molecule has 0 saturated carbocycles. The van der Waals surface area contributed by atoms with E-state index in [0.717, 1.165) is 42.8 Å². The van der Waals surface area contributed by atoms with Crippen molar-refractivity contribution in [2.45, 2.75) is 40.2 Å². The van der Waals surface area contributed by atoms with Gasteiger partial charge in [0.1, 0.15) is 12.4 Å². The molecule has 172 valence electrons. The number of aryl methyl sites for hydroxylation is 2. The summed E-state index contributed by atoms with van der Waals surface area (Å²) in [6, 6.07) is 13.0. The van der Waals surface area contributed by atoms with Gasteiger partial charge in [-0.25, -0.2) is 0 Å². The van der Waals surface area contributed by atoms with Gasteiger partial charge in [-0.15, -0.1) is 10.2 Å². The van der Waals surface area contributed by atoms with E-state index in [-0.39, 0.29) is 23.4 Å². The van der Waals surface area contributed by atoms with Gasteiger partial charge in [-0.05, 0) is 74.1 Å². The van der Waals surface area contributed by atoms with Crippen molar-refractivity contribution in [3.8, 4) is 5.75 Å². The Labute approximate surface area is 197 Å². The van der Waals surface area contributed by atoms with Crippen LogP contribution >= 0.6 is 11.3 Å². The topological polar surface area (TPSA) is 84.4 Å². The zero-order valence-corrected chi connectivity index (χ0v) is 19.9. The summed E-state index contributed by atoms with van der Waals surface area (Å²) in [5.74, 6) is 1.06. The fraction of sp³-hybridized carbons (Fsp3) is 0.360. The third kappa shape index (κ3) is 5.96. The molecule has 1 aliphatic heterocycles. The lowest BCUT2D eigenvalue weighted by Crippen LogP contribution is -2.37. The molecule has 2 heterocycles. The molecule has 0 unspecified atom stereocenters. The number of hydrogen-bond donors (Lipinski definition) is 1. The minimum Gasteiger partial charge on any atom is -0.486 e. The van der Waals surface area contributed by atoms with Crippen LogP contribution in [0.25, 0.3) is 0 Å². The monoisotopic (exact) mass is 464 g/mol. The van der Waals surface area contributed by atoms with Gasteiger partial charge >= 0.3 is 0 Å². The van der Waals surface area contributed by atoms with Gasteiger partial charge in [0.2, 0.25) is 5.01 Å². The molecule has 1 aliphatic rings.